The molecule has 27 heavy (non-hydrogen) atoms. The summed E-state index contributed by atoms with van der Waals surface area (Å²) in [5.74, 6) is 0.724. The highest BCUT2D eigenvalue weighted by Gasteiger charge is 2.20. The Kier molecular flexibility index (Phi) is 4.13. The van der Waals surface area contributed by atoms with Crippen LogP contribution in [-0.2, 0) is 6.42 Å². The zero-order valence-electron chi connectivity index (χ0n) is 14.9. The lowest BCUT2D eigenvalue weighted by Crippen LogP contribution is -2.12. The highest BCUT2D eigenvalue weighted by molar-refractivity contribution is 7.18. The SMILES string of the molecule is Nc1nnc(-c2ccc3c(c2)C(c2cccc(OC4CCCC4)n2)=CC3)s1. The summed E-state index contributed by atoms with van der Waals surface area (Å²) in [6, 6.07) is 12.4. The van der Waals surface area contributed by atoms with Gasteiger partial charge < -0.3 is 10.5 Å². The molecule has 1 fully saturated rings. The molecule has 0 bridgehead atoms. The number of hydrogen-bond acceptors (Lipinski definition) is 6. The van der Waals surface area contributed by atoms with Crippen LogP contribution in [0.1, 0.15) is 42.5 Å². The van der Waals surface area contributed by atoms with Gasteiger partial charge in [0.1, 0.15) is 11.1 Å². The number of benzene rings is 1. The van der Waals surface area contributed by atoms with Gasteiger partial charge in [-0.3, -0.25) is 0 Å². The molecule has 0 amide bonds. The van der Waals surface area contributed by atoms with Crippen LogP contribution < -0.4 is 10.5 Å². The Bertz CT molecular complexity index is 1020. The molecule has 5 nitrogen and oxygen atoms in total. The first-order valence-corrected chi connectivity index (χ1v) is 10.1. The maximum Gasteiger partial charge on any atom is 0.214 e. The van der Waals surface area contributed by atoms with E-state index < -0.39 is 0 Å². The van der Waals surface area contributed by atoms with E-state index in [1.807, 2.05) is 12.1 Å². The van der Waals surface area contributed by atoms with Gasteiger partial charge in [-0.05, 0) is 55.4 Å². The lowest BCUT2D eigenvalue weighted by atomic mass is 10.0. The summed E-state index contributed by atoms with van der Waals surface area (Å²) in [5.41, 5.74) is 11.4. The number of nitrogens with zero attached hydrogens (tertiary/aromatic N) is 3. The second kappa shape index (κ2) is 6.78. The predicted octanol–water partition coefficient (Wildman–Crippen LogP) is 4.49. The molecule has 2 aromatic heterocycles. The standard InChI is InChI=1S/C21H20N4OS/c22-21-25-24-20(27-21)14-9-8-13-10-11-16(17(13)12-14)18-6-3-7-19(23-18)26-15-4-1-2-5-15/h3,6-9,11-12,15H,1-2,4-5,10H2,(H2,22,25). The van der Waals surface area contributed by atoms with Crippen molar-refractivity contribution in [1.29, 1.82) is 0 Å². The number of aromatic nitrogens is 3. The third-order valence-corrected chi connectivity index (χ3v) is 6.00. The highest BCUT2D eigenvalue weighted by atomic mass is 32.1. The van der Waals surface area contributed by atoms with Gasteiger partial charge in [0.25, 0.3) is 0 Å². The van der Waals surface area contributed by atoms with Crippen molar-refractivity contribution in [2.24, 2.45) is 0 Å². The van der Waals surface area contributed by atoms with Crippen LogP contribution in [0.3, 0.4) is 0 Å². The summed E-state index contributed by atoms with van der Waals surface area (Å²) in [4.78, 5) is 4.79. The topological polar surface area (TPSA) is 73.9 Å². The van der Waals surface area contributed by atoms with Crippen molar-refractivity contribution < 1.29 is 4.74 Å². The number of ether oxygens (including phenoxy) is 1. The fraction of sp³-hybridized carbons (Fsp3) is 0.286. The van der Waals surface area contributed by atoms with Crippen LogP contribution in [0.15, 0.2) is 42.5 Å². The van der Waals surface area contributed by atoms with Gasteiger partial charge in [0.2, 0.25) is 11.0 Å². The average Bonchev–Trinajstić information content (AvgIpc) is 3.42. The molecule has 0 saturated heterocycles. The van der Waals surface area contributed by atoms with Gasteiger partial charge in [-0.2, -0.15) is 0 Å². The lowest BCUT2D eigenvalue weighted by Gasteiger charge is -2.13. The minimum Gasteiger partial charge on any atom is -0.474 e. The van der Waals surface area contributed by atoms with E-state index in [9.17, 15) is 0 Å². The van der Waals surface area contributed by atoms with Crippen molar-refractivity contribution in [2.75, 3.05) is 5.73 Å². The van der Waals surface area contributed by atoms with Gasteiger partial charge in [0.15, 0.2) is 0 Å². The maximum atomic E-state index is 6.09. The third kappa shape index (κ3) is 3.21. The van der Waals surface area contributed by atoms with E-state index in [0.717, 1.165) is 47.0 Å². The zero-order valence-corrected chi connectivity index (χ0v) is 15.7. The Morgan fingerprint density at radius 1 is 1.07 bits per heavy atom. The molecule has 0 atom stereocenters. The molecule has 3 aromatic rings. The first kappa shape index (κ1) is 16.4. The fourth-order valence-electron chi connectivity index (χ4n) is 3.86. The molecule has 136 valence electrons. The largest absolute Gasteiger partial charge is 0.474 e. The van der Waals surface area contributed by atoms with E-state index in [0.29, 0.717) is 11.2 Å². The highest BCUT2D eigenvalue weighted by Crippen LogP contribution is 2.36. The lowest BCUT2D eigenvalue weighted by molar-refractivity contribution is 0.201. The van der Waals surface area contributed by atoms with Crippen LogP contribution in [0, 0.1) is 0 Å². The van der Waals surface area contributed by atoms with Gasteiger partial charge >= 0.3 is 0 Å². The summed E-state index contributed by atoms with van der Waals surface area (Å²) >= 11 is 1.40. The molecular weight excluding hydrogens is 356 g/mol. The third-order valence-electron chi connectivity index (χ3n) is 5.20. The Morgan fingerprint density at radius 3 is 2.78 bits per heavy atom. The number of pyridine rings is 1. The number of rotatable bonds is 4. The molecule has 2 N–H and O–H groups in total. The molecule has 0 spiro atoms. The smallest absolute Gasteiger partial charge is 0.214 e. The quantitative estimate of drug-likeness (QED) is 0.726. The number of nitrogen functional groups attached to an aromatic ring is 1. The zero-order chi connectivity index (χ0) is 18.2. The van der Waals surface area contributed by atoms with Crippen LogP contribution in [0.25, 0.3) is 16.1 Å². The van der Waals surface area contributed by atoms with E-state index in [-0.39, 0.29) is 0 Å². The van der Waals surface area contributed by atoms with Crippen LogP contribution in [0.5, 0.6) is 5.88 Å². The molecule has 2 aliphatic carbocycles. The Morgan fingerprint density at radius 2 is 1.96 bits per heavy atom. The second-order valence-corrected chi connectivity index (χ2v) is 8.03. The minimum absolute atomic E-state index is 0.312. The minimum atomic E-state index is 0.312. The average molecular weight is 376 g/mol. The van der Waals surface area contributed by atoms with Crippen LogP contribution >= 0.6 is 11.3 Å². The fourth-order valence-corrected chi connectivity index (χ4v) is 4.47. The van der Waals surface area contributed by atoms with Gasteiger partial charge in [-0.25, -0.2) is 4.98 Å². The van der Waals surface area contributed by atoms with E-state index >= 15 is 0 Å². The predicted molar refractivity (Wildman–Crippen MR) is 108 cm³/mol. The van der Waals surface area contributed by atoms with E-state index in [4.69, 9.17) is 15.5 Å². The van der Waals surface area contributed by atoms with E-state index in [2.05, 4.69) is 40.5 Å². The number of hydrogen-bond donors (Lipinski definition) is 1. The van der Waals surface area contributed by atoms with Crippen molar-refractivity contribution in [2.45, 2.75) is 38.2 Å². The van der Waals surface area contributed by atoms with Crippen LogP contribution in [-0.4, -0.2) is 21.3 Å². The first-order chi connectivity index (χ1) is 13.3. The summed E-state index contributed by atoms with van der Waals surface area (Å²) in [6.45, 7) is 0. The summed E-state index contributed by atoms with van der Waals surface area (Å²) in [7, 11) is 0. The number of nitrogens with two attached hydrogens (primary N) is 1. The van der Waals surface area contributed by atoms with Gasteiger partial charge in [-0.15, -0.1) is 10.2 Å². The molecular formula is C21H20N4OS. The molecule has 6 heteroatoms. The van der Waals surface area contributed by atoms with Crippen LogP contribution in [0.4, 0.5) is 5.13 Å². The molecule has 5 rings (SSSR count). The van der Waals surface area contributed by atoms with Crippen molar-refractivity contribution >= 4 is 22.0 Å². The number of fused-ring (bicyclic) bond motifs is 1. The second-order valence-electron chi connectivity index (χ2n) is 7.02. The number of anilines is 1. The summed E-state index contributed by atoms with van der Waals surface area (Å²) in [5, 5.41) is 9.42. The van der Waals surface area contributed by atoms with Crippen molar-refractivity contribution in [3.63, 3.8) is 0 Å². The van der Waals surface area contributed by atoms with E-state index in [1.54, 1.807) is 0 Å². The first-order valence-electron chi connectivity index (χ1n) is 9.33. The maximum absolute atomic E-state index is 6.09. The Labute approximate surface area is 161 Å². The van der Waals surface area contributed by atoms with Gasteiger partial charge in [0.05, 0.1) is 5.69 Å². The van der Waals surface area contributed by atoms with Crippen LogP contribution in [0.2, 0.25) is 0 Å². The number of allylic oxidation sites excluding steroid dienone is 1. The summed E-state index contributed by atoms with van der Waals surface area (Å²) < 4.78 is 6.09. The molecule has 1 saturated carbocycles. The van der Waals surface area contributed by atoms with E-state index in [1.165, 1.54) is 35.3 Å². The molecule has 0 aliphatic heterocycles. The molecule has 2 aliphatic rings. The Balaban J connectivity index is 1.46. The van der Waals surface area contributed by atoms with Crippen molar-refractivity contribution in [3.05, 3.63) is 59.3 Å². The molecule has 2 heterocycles. The Hall–Kier alpha value is -2.73. The molecule has 1 aromatic carbocycles. The molecule has 0 unspecified atom stereocenters. The summed E-state index contributed by atoms with van der Waals surface area (Å²) in [6.07, 6.45) is 8.23. The van der Waals surface area contributed by atoms with Crippen molar-refractivity contribution in [3.8, 4) is 16.5 Å². The molecule has 0 radical (unpaired) electrons. The van der Waals surface area contributed by atoms with Gasteiger partial charge in [0, 0.05) is 17.2 Å². The monoisotopic (exact) mass is 376 g/mol. The normalized spacial score (nSPS) is 16.4. The van der Waals surface area contributed by atoms with Gasteiger partial charge in [-0.1, -0.05) is 35.6 Å². The van der Waals surface area contributed by atoms with Crippen molar-refractivity contribution in [1.82, 2.24) is 15.2 Å².